The number of benzene rings is 2. The zero-order chi connectivity index (χ0) is 20.2. The van der Waals surface area contributed by atoms with Crippen LogP contribution in [0.3, 0.4) is 0 Å². The number of nitrogens with zero attached hydrogens (tertiary/aromatic N) is 2. The first-order chi connectivity index (χ1) is 14.1. The largest absolute Gasteiger partial charge is 0.319 e. The molecule has 0 bridgehead atoms. The summed E-state index contributed by atoms with van der Waals surface area (Å²) in [4.78, 5) is 27.8. The van der Waals surface area contributed by atoms with Gasteiger partial charge < -0.3 is 4.57 Å². The van der Waals surface area contributed by atoms with E-state index in [4.69, 9.17) is 0 Å². The van der Waals surface area contributed by atoms with Crippen LogP contribution in [-0.4, -0.2) is 20.7 Å². The van der Waals surface area contributed by atoms with Crippen molar-refractivity contribution in [2.75, 3.05) is 0 Å². The predicted octanol–water partition coefficient (Wildman–Crippen LogP) is 4.23. The average molecular weight is 399 g/mol. The maximum atomic E-state index is 11.6. The molecule has 142 valence electrons. The number of hydrogen-bond donors (Lipinski definition) is 1. The molecule has 1 fully saturated rings. The number of nitrogens with one attached hydrogen (secondary N) is 1. The molecule has 6 heteroatoms. The number of rotatable bonds is 3. The minimum Gasteiger partial charge on any atom is -0.319 e. The first-order valence-electron chi connectivity index (χ1n) is 9.01. The molecular formula is C23H17N3O2S. The highest BCUT2D eigenvalue weighted by atomic mass is 32.2. The van der Waals surface area contributed by atoms with E-state index in [2.05, 4.69) is 22.1 Å². The number of aryl methyl sites for hydroxylation is 1. The van der Waals surface area contributed by atoms with Crippen LogP contribution in [0.1, 0.15) is 16.8 Å². The molecule has 1 aromatic heterocycles. The summed E-state index contributed by atoms with van der Waals surface area (Å²) in [6.07, 6.45) is 3.69. The SMILES string of the molecule is Cc1cn(CC#Cc2ccc(C=C3SC(=O)NC3=O)cc2)c(-c2ccccc2)n1. The zero-order valence-electron chi connectivity index (χ0n) is 15.7. The summed E-state index contributed by atoms with van der Waals surface area (Å²) in [5.41, 5.74) is 3.74. The van der Waals surface area contributed by atoms with E-state index in [0.29, 0.717) is 11.4 Å². The number of thioether (sulfide) groups is 1. The first-order valence-corrected chi connectivity index (χ1v) is 9.83. The van der Waals surface area contributed by atoms with Crippen LogP contribution in [0.2, 0.25) is 0 Å². The van der Waals surface area contributed by atoms with Crippen molar-refractivity contribution in [3.05, 3.63) is 82.5 Å². The topological polar surface area (TPSA) is 64.0 Å². The van der Waals surface area contributed by atoms with E-state index < -0.39 is 0 Å². The summed E-state index contributed by atoms with van der Waals surface area (Å²) < 4.78 is 2.05. The Morgan fingerprint density at radius 1 is 1.10 bits per heavy atom. The van der Waals surface area contributed by atoms with E-state index in [1.54, 1.807) is 6.08 Å². The van der Waals surface area contributed by atoms with Crippen molar-refractivity contribution in [2.24, 2.45) is 0 Å². The summed E-state index contributed by atoms with van der Waals surface area (Å²) >= 11 is 0.911. The van der Waals surface area contributed by atoms with Gasteiger partial charge >= 0.3 is 0 Å². The van der Waals surface area contributed by atoms with E-state index in [9.17, 15) is 9.59 Å². The minimum absolute atomic E-state index is 0.339. The van der Waals surface area contributed by atoms with Crippen LogP contribution in [0.15, 0.2) is 65.7 Å². The van der Waals surface area contributed by atoms with Gasteiger partial charge in [0.1, 0.15) is 5.82 Å². The fourth-order valence-electron chi connectivity index (χ4n) is 2.95. The van der Waals surface area contributed by atoms with Crippen LogP contribution in [0.5, 0.6) is 0 Å². The smallest absolute Gasteiger partial charge is 0.290 e. The number of carbonyl (C=O) groups is 2. The standard InChI is InChI=1S/C23H17N3O2S/c1-16-15-26(21(24-16)19-7-3-2-4-8-19)13-5-6-17-9-11-18(12-10-17)14-20-22(27)25-23(28)29-20/h2-4,7-12,14-15H,13H2,1H3,(H,25,27,28). The Balaban J connectivity index is 1.48. The van der Waals surface area contributed by atoms with Crippen molar-refractivity contribution in [3.8, 4) is 23.2 Å². The average Bonchev–Trinajstić information content (AvgIpc) is 3.25. The summed E-state index contributed by atoms with van der Waals surface area (Å²) in [6, 6.07) is 17.6. The highest BCUT2D eigenvalue weighted by Gasteiger charge is 2.24. The van der Waals surface area contributed by atoms with Crippen LogP contribution in [-0.2, 0) is 11.3 Å². The Hall–Kier alpha value is -3.56. The second-order valence-electron chi connectivity index (χ2n) is 6.48. The molecule has 1 aliphatic rings. The molecule has 0 atom stereocenters. The van der Waals surface area contributed by atoms with Crippen molar-refractivity contribution >= 4 is 29.0 Å². The first kappa shape index (κ1) is 18.8. The fraction of sp³-hybridized carbons (Fsp3) is 0.0870. The van der Waals surface area contributed by atoms with Crippen molar-refractivity contribution in [3.63, 3.8) is 0 Å². The second-order valence-corrected chi connectivity index (χ2v) is 7.49. The molecule has 5 nitrogen and oxygen atoms in total. The Bertz CT molecular complexity index is 1170. The number of imide groups is 1. The summed E-state index contributed by atoms with van der Waals surface area (Å²) in [5, 5.41) is 1.91. The molecule has 0 radical (unpaired) electrons. The quantitative estimate of drug-likeness (QED) is 0.529. The van der Waals surface area contributed by atoms with Crippen LogP contribution >= 0.6 is 11.8 Å². The number of amides is 2. The predicted molar refractivity (Wildman–Crippen MR) is 115 cm³/mol. The van der Waals surface area contributed by atoms with Gasteiger partial charge in [0.2, 0.25) is 0 Å². The molecule has 0 unspecified atom stereocenters. The monoisotopic (exact) mass is 399 g/mol. The van der Waals surface area contributed by atoms with Gasteiger partial charge in [0, 0.05) is 17.3 Å². The van der Waals surface area contributed by atoms with Gasteiger partial charge in [0.05, 0.1) is 17.1 Å². The summed E-state index contributed by atoms with van der Waals surface area (Å²) in [7, 11) is 0. The van der Waals surface area contributed by atoms with Gasteiger partial charge in [0.15, 0.2) is 0 Å². The van der Waals surface area contributed by atoms with Crippen molar-refractivity contribution in [1.29, 1.82) is 0 Å². The molecule has 1 aliphatic heterocycles. The molecule has 0 aliphatic carbocycles. The van der Waals surface area contributed by atoms with Crippen molar-refractivity contribution in [1.82, 2.24) is 14.9 Å². The Morgan fingerprint density at radius 2 is 1.86 bits per heavy atom. The molecular weight excluding hydrogens is 382 g/mol. The molecule has 0 saturated carbocycles. The van der Waals surface area contributed by atoms with Crippen molar-refractivity contribution in [2.45, 2.75) is 13.5 Å². The third kappa shape index (κ3) is 4.48. The maximum absolute atomic E-state index is 11.6. The van der Waals surface area contributed by atoms with E-state index in [-0.39, 0.29) is 11.1 Å². The fourth-order valence-corrected chi connectivity index (χ4v) is 3.63. The van der Waals surface area contributed by atoms with Crippen LogP contribution in [0, 0.1) is 18.8 Å². The molecule has 3 aromatic rings. The Morgan fingerprint density at radius 3 is 2.55 bits per heavy atom. The molecule has 2 amide bonds. The normalized spacial score (nSPS) is 14.6. The van der Waals surface area contributed by atoms with Crippen LogP contribution < -0.4 is 5.32 Å². The van der Waals surface area contributed by atoms with Crippen molar-refractivity contribution < 1.29 is 9.59 Å². The molecule has 1 N–H and O–H groups in total. The van der Waals surface area contributed by atoms with E-state index >= 15 is 0 Å². The van der Waals surface area contributed by atoms with E-state index in [1.807, 2.05) is 72.3 Å². The van der Waals surface area contributed by atoms with Gasteiger partial charge in [-0.1, -0.05) is 54.3 Å². The highest BCUT2D eigenvalue weighted by Crippen LogP contribution is 2.25. The van der Waals surface area contributed by atoms with Gasteiger partial charge in [-0.05, 0) is 42.5 Å². The van der Waals surface area contributed by atoms with Crippen LogP contribution in [0.4, 0.5) is 4.79 Å². The number of carbonyl (C=O) groups excluding carboxylic acids is 2. The lowest BCUT2D eigenvalue weighted by atomic mass is 10.1. The van der Waals surface area contributed by atoms with E-state index in [1.165, 1.54) is 0 Å². The summed E-state index contributed by atoms with van der Waals surface area (Å²) in [6.45, 7) is 2.51. The zero-order valence-corrected chi connectivity index (χ0v) is 16.5. The molecule has 2 heterocycles. The third-order valence-electron chi connectivity index (χ3n) is 4.26. The molecule has 0 spiro atoms. The summed E-state index contributed by atoms with van der Waals surface area (Å²) in [5.74, 6) is 6.90. The number of imidazole rings is 1. The molecule has 4 rings (SSSR count). The molecule has 29 heavy (non-hydrogen) atoms. The Kier molecular flexibility index (Phi) is 5.32. The lowest BCUT2D eigenvalue weighted by Gasteiger charge is -2.03. The Labute approximate surface area is 172 Å². The molecule has 1 saturated heterocycles. The van der Waals surface area contributed by atoms with E-state index in [0.717, 1.165) is 40.0 Å². The lowest BCUT2D eigenvalue weighted by Crippen LogP contribution is -2.17. The number of aromatic nitrogens is 2. The van der Waals surface area contributed by atoms with Gasteiger partial charge in [-0.15, -0.1) is 0 Å². The lowest BCUT2D eigenvalue weighted by molar-refractivity contribution is -0.115. The van der Waals surface area contributed by atoms with Gasteiger partial charge in [-0.3, -0.25) is 14.9 Å². The van der Waals surface area contributed by atoms with Crippen LogP contribution in [0.25, 0.3) is 17.5 Å². The molecule has 2 aromatic carbocycles. The maximum Gasteiger partial charge on any atom is 0.290 e. The van der Waals surface area contributed by atoms with Gasteiger partial charge in [0.25, 0.3) is 11.1 Å². The highest BCUT2D eigenvalue weighted by molar-refractivity contribution is 8.18. The van der Waals surface area contributed by atoms with Gasteiger partial charge in [-0.2, -0.15) is 0 Å². The third-order valence-corrected chi connectivity index (χ3v) is 5.07. The van der Waals surface area contributed by atoms with Gasteiger partial charge in [-0.25, -0.2) is 4.98 Å². The number of hydrogen-bond acceptors (Lipinski definition) is 4. The minimum atomic E-state index is -0.353. The second kappa shape index (κ2) is 8.21.